The summed E-state index contributed by atoms with van der Waals surface area (Å²) in [6, 6.07) is 2.01. The van der Waals surface area contributed by atoms with Gasteiger partial charge in [0.2, 0.25) is 0 Å². The molecule has 1 N–H and O–H groups in total. The smallest absolute Gasteiger partial charge is 0.133 e. The third-order valence-corrected chi connectivity index (χ3v) is 2.48. The monoisotopic (exact) mass is 201 g/mol. The fourth-order valence-corrected chi connectivity index (χ4v) is 1.60. The Balaban J connectivity index is 2.38. The van der Waals surface area contributed by atoms with Crippen LogP contribution in [0.5, 0.6) is 0 Å². The van der Waals surface area contributed by atoms with Crippen LogP contribution < -0.4 is 5.32 Å². The Morgan fingerprint density at radius 3 is 3.00 bits per heavy atom. The van der Waals surface area contributed by atoms with Crippen molar-refractivity contribution < 1.29 is 0 Å². The number of hydrogen-bond donors (Lipinski definition) is 1. The van der Waals surface area contributed by atoms with E-state index >= 15 is 0 Å². The highest BCUT2D eigenvalue weighted by atomic mass is 15.0. The molecule has 1 aromatic rings. The second-order valence-corrected chi connectivity index (χ2v) is 3.75. The molecule has 2 bridgehead atoms. The molecular weight excluding hydrogens is 186 g/mol. The molecule has 0 saturated heterocycles. The lowest BCUT2D eigenvalue weighted by Crippen LogP contribution is -1.99. The van der Waals surface area contributed by atoms with Gasteiger partial charge in [0.25, 0.3) is 0 Å². The standard InChI is InChI=1S/C12H15N3/c1-3-10-6-9(2)4-5-11-7-12(15-10)14-8-13-11/h3,6-8H,4-5H2,1-2H3,(H,13,14,15)/b9-6+,10-3+. The van der Waals surface area contributed by atoms with Crippen LogP contribution >= 0.6 is 0 Å². The molecule has 3 nitrogen and oxygen atoms in total. The van der Waals surface area contributed by atoms with Crippen LogP contribution in [0.4, 0.5) is 5.82 Å². The van der Waals surface area contributed by atoms with Gasteiger partial charge in [0.15, 0.2) is 0 Å². The second kappa shape index (κ2) is 4.26. The Hall–Kier alpha value is -1.64. The maximum atomic E-state index is 4.24. The summed E-state index contributed by atoms with van der Waals surface area (Å²) in [7, 11) is 0. The Labute approximate surface area is 90.0 Å². The first kappa shape index (κ1) is 9.90. The van der Waals surface area contributed by atoms with Crippen LogP contribution in [0.25, 0.3) is 0 Å². The van der Waals surface area contributed by atoms with Gasteiger partial charge in [0, 0.05) is 17.5 Å². The van der Waals surface area contributed by atoms with Gasteiger partial charge in [-0.1, -0.05) is 11.6 Å². The molecule has 15 heavy (non-hydrogen) atoms. The van der Waals surface area contributed by atoms with E-state index in [1.54, 1.807) is 6.33 Å². The lowest BCUT2D eigenvalue weighted by Gasteiger charge is -2.05. The van der Waals surface area contributed by atoms with E-state index in [2.05, 4.69) is 34.4 Å². The minimum absolute atomic E-state index is 0.874. The van der Waals surface area contributed by atoms with Crippen LogP contribution in [0.1, 0.15) is 26.0 Å². The number of allylic oxidation sites excluding steroid dienone is 3. The summed E-state index contributed by atoms with van der Waals surface area (Å²) in [4.78, 5) is 8.42. The lowest BCUT2D eigenvalue weighted by atomic mass is 10.1. The van der Waals surface area contributed by atoms with Crippen LogP contribution in [0, 0.1) is 0 Å². The Morgan fingerprint density at radius 2 is 2.20 bits per heavy atom. The molecule has 0 unspecified atom stereocenters. The molecule has 1 aliphatic heterocycles. The van der Waals surface area contributed by atoms with Crippen LogP contribution in [0.2, 0.25) is 0 Å². The number of aromatic nitrogens is 2. The van der Waals surface area contributed by atoms with Gasteiger partial charge in [-0.05, 0) is 32.8 Å². The number of aryl methyl sites for hydroxylation is 1. The maximum Gasteiger partial charge on any atom is 0.133 e. The summed E-state index contributed by atoms with van der Waals surface area (Å²) in [5.74, 6) is 0.874. The van der Waals surface area contributed by atoms with Crippen molar-refractivity contribution in [2.24, 2.45) is 0 Å². The van der Waals surface area contributed by atoms with Crippen molar-refractivity contribution in [1.82, 2.24) is 9.97 Å². The predicted molar refractivity (Wildman–Crippen MR) is 61.5 cm³/mol. The maximum absolute atomic E-state index is 4.24. The van der Waals surface area contributed by atoms with Crippen molar-refractivity contribution in [1.29, 1.82) is 0 Å². The van der Waals surface area contributed by atoms with Gasteiger partial charge in [-0.3, -0.25) is 0 Å². The van der Waals surface area contributed by atoms with Crippen molar-refractivity contribution in [2.45, 2.75) is 26.7 Å². The molecule has 0 spiro atoms. The third-order valence-electron chi connectivity index (χ3n) is 2.48. The quantitative estimate of drug-likeness (QED) is 0.701. The largest absolute Gasteiger partial charge is 0.340 e. The molecule has 0 radical (unpaired) electrons. The number of nitrogens with zero attached hydrogens (tertiary/aromatic N) is 2. The van der Waals surface area contributed by atoms with Crippen LogP contribution in [-0.2, 0) is 6.42 Å². The molecule has 1 aromatic heterocycles. The minimum Gasteiger partial charge on any atom is -0.340 e. The van der Waals surface area contributed by atoms with Crippen molar-refractivity contribution in [3.8, 4) is 0 Å². The van der Waals surface area contributed by atoms with E-state index in [4.69, 9.17) is 0 Å². The Bertz CT molecular complexity index is 419. The average Bonchev–Trinajstić information content (AvgIpc) is 2.29. The van der Waals surface area contributed by atoms with Gasteiger partial charge in [-0.15, -0.1) is 0 Å². The molecule has 1 aliphatic rings. The first-order valence-corrected chi connectivity index (χ1v) is 5.19. The van der Waals surface area contributed by atoms with Crippen molar-refractivity contribution in [2.75, 3.05) is 5.32 Å². The summed E-state index contributed by atoms with van der Waals surface area (Å²) >= 11 is 0. The van der Waals surface area contributed by atoms with Gasteiger partial charge >= 0.3 is 0 Å². The topological polar surface area (TPSA) is 37.8 Å². The van der Waals surface area contributed by atoms with E-state index in [1.807, 2.05) is 13.0 Å². The van der Waals surface area contributed by atoms with E-state index < -0.39 is 0 Å². The Kier molecular flexibility index (Phi) is 2.81. The number of anilines is 1. The SMILES string of the molecule is C/C=C1\C=C(/C)CCc2cc(ncn2)N1. The number of hydrogen-bond acceptors (Lipinski definition) is 3. The molecule has 0 aliphatic carbocycles. The summed E-state index contributed by atoms with van der Waals surface area (Å²) < 4.78 is 0. The molecule has 0 amide bonds. The molecule has 2 rings (SSSR count). The molecule has 0 fully saturated rings. The molecule has 0 saturated carbocycles. The Morgan fingerprint density at radius 1 is 1.33 bits per heavy atom. The molecule has 0 atom stereocenters. The summed E-state index contributed by atoms with van der Waals surface area (Å²) in [5, 5.41) is 3.27. The molecular formula is C12H15N3. The van der Waals surface area contributed by atoms with Crippen LogP contribution in [0.15, 0.2) is 35.8 Å². The zero-order valence-corrected chi connectivity index (χ0v) is 9.12. The highest BCUT2D eigenvalue weighted by molar-refractivity contribution is 5.46. The van der Waals surface area contributed by atoms with Gasteiger partial charge in [0.1, 0.15) is 12.1 Å². The summed E-state index contributed by atoms with van der Waals surface area (Å²) in [6.45, 7) is 4.17. The first-order chi connectivity index (χ1) is 7.28. The molecule has 0 aromatic carbocycles. The normalized spacial score (nSPS) is 22.0. The van der Waals surface area contributed by atoms with E-state index in [0.29, 0.717) is 0 Å². The van der Waals surface area contributed by atoms with E-state index in [9.17, 15) is 0 Å². The van der Waals surface area contributed by atoms with Crippen molar-refractivity contribution >= 4 is 5.82 Å². The summed E-state index contributed by atoms with van der Waals surface area (Å²) in [6.07, 6.45) is 7.87. The predicted octanol–water partition coefficient (Wildman–Crippen LogP) is 2.68. The van der Waals surface area contributed by atoms with Crippen LogP contribution in [0.3, 0.4) is 0 Å². The van der Waals surface area contributed by atoms with E-state index in [1.165, 1.54) is 5.57 Å². The molecule has 3 heteroatoms. The third kappa shape index (κ3) is 2.43. The van der Waals surface area contributed by atoms with Crippen LogP contribution in [-0.4, -0.2) is 9.97 Å². The first-order valence-electron chi connectivity index (χ1n) is 5.19. The second-order valence-electron chi connectivity index (χ2n) is 3.75. The fraction of sp³-hybridized carbons (Fsp3) is 0.333. The zero-order chi connectivity index (χ0) is 10.7. The number of rotatable bonds is 0. The average molecular weight is 201 g/mol. The van der Waals surface area contributed by atoms with E-state index in [0.717, 1.165) is 30.1 Å². The molecule has 2 heterocycles. The highest BCUT2D eigenvalue weighted by Crippen LogP contribution is 2.16. The number of nitrogens with one attached hydrogen (secondary N) is 1. The lowest BCUT2D eigenvalue weighted by molar-refractivity contribution is 0.893. The number of fused-ring (bicyclic) bond motifs is 2. The van der Waals surface area contributed by atoms with Gasteiger partial charge < -0.3 is 5.32 Å². The van der Waals surface area contributed by atoms with Gasteiger partial charge in [-0.25, -0.2) is 9.97 Å². The van der Waals surface area contributed by atoms with E-state index in [-0.39, 0.29) is 0 Å². The minimum atomic E-state index is 0.874. The molecule has 78 valence electrons. The van der Waals surface area contributed by atoms with Crippen molar-refractivity contribution in [3.05, 3.63) is 41.5 Å². The zero-order valence-electron chi connectivity index (χ0n) is 9.12. The highest BCUT2D eigenvalue weighted by Gasteiger charge is 2.04. The van der Waals surface area contributed by atoms with Crippen molar-refractivity contribution in [3.63, 3.8) is 0 Å². The summed E-state index contributed by atoms with van der Waals surface area (Å²) in [5.41, 5.74) is 3.55. The van der Waals surface area contributed by atoms with Gasteiger partial charge in [0.05, 0.1) is 0 Å². The fourth-order valence-electron chi connectivity index (χ4n) is 1.60. The van der Waals surface area contributed by atoms with Gasteiger partial charge in [-0.2, -0.15) is 0 Å².